The van der Waals surface area contributed by atoms with Crippen LogP contribution in [0.4, 0.5) is 5.69 Å². The number of aryl methyl sites for hydroxylation is 1. The van der Waals surface area contributed by atoms with Gasteiger partial charge in [-0.15, -0.1) is 11.3 Å². The molecule has 2 aromatic rings. The lowest BCUT2D eigenvalue weighted by Gasteiger charge is -2.09. The predicted octanol–water partition coefficient (Wildman–Crippen LogP) is 2.60. The van der Waals surface area contributed by atoms with Gasteiger partial charge in [-0.25, -0.2) is 18.2 Å². The van der Waals surface area contributed by atoms with Crippen molar-refractivity contribution in [2.45, 2.75) is 11.8 Å². The highest BCUT2D eigenvalue weighted by atomic mass is 35.5. The van der Waals surface area contributed by atoms with Gasteiger partial charge in [0, 0.05) is 0 Å². The van der Waals surface area contributed by atoms with Gasteiger partial charge in [0.1, 0.15) is 14.9 Å². The summed E-state index contributed by atoms with van der Waals surface area (Å²) in [5, 5.41) is 10.6. The summed E-state index contributed by atoms with van der Waals surface area (Å²) >= 11 is 6.54. The van der Waals surface area contributed by atoms with E-state index in [1.165, 1.54) is 23.6 Å². The molecule has 0 fully saturated rings. The minimum absolute atomic E-state index is 0.239. The molecule has 0 atom stereocenters. The van der Waals surface area contributed by atoms with Crippen molar-refractivity contribution in [1.29, 1.82) is 0 Å². The van der Waals surface area contributed by atoms with E-state index in [9.17, 15) is 13.2 Å². The third-order valence-corrected chi connectivity index (χ3v) is 5.06. The predicted molar refractivity (Wildman–Crippen MR) is 76.1 cm³/mol. The van der Waals surface area contributed by atoms with Crippen molar-refractivity contribution < 1.29 is 18.3 Å². The van der Waals surface area contributed by atoms with Crippen LogP contribution >= 0.6 is 22.9 Å². The second-order valence-electron chi connectivity index (χ2n) is 3.79. The van der Waals surface area contributed by atoms with Gasteiger partial charge in [0.25, 0.3) is 10.0 Å². The number of thiophene rings is 1. The lowest BCUT2D eigenvalue weighted by Crippen LogP contribution is -2.16. The van der Waals surface area contributed by atoms with Gasteiger partial charge in [-0.05, 0) is 30.5 Å². The summed E-state index contributed by atoms with van der Waals surface area (Å²) in [7, 11) is -3.98. The van der Waals surface area contributed by atoms with Gasteiger partial charge in [-0.1, -0.05) is 11.6 Å². The number of rotatable bonds is 4. The molecule has 0 unspecified atom stereocenters. The maximum Gasteiger partial charge on any atom is 0.347 e. The van der Waals surface area contributed by atoms with Crippen molar-refractivity contribution in [3.63, 3.8) is 0 Å². The van der Waals surface area contributed by atoms with Gasteiger partial charge in [0.2, 0.25) is 0 Å². The van der Waals surface area contributed by atoms with Crippen LogP contribution in [0.5, 0.6) is 0 Å². The van der Waals surface area contributed by atoms with E-state index in [1.54, 1.807) is 6.92 Å². The van der Waals surface area contributed by atoms with E-state index in [0.717, 1.165) is 11.3 Å². The van der Waals surface area contributed by atoms with Crippen molar-refractivity contribution in [3.05, 3.63) is 39.3 Å². The molecule has 2 aromatic heterocycles. The van der Waals surface area contributed by atoms with E-state index in [1.807, 2.05) is 0 Å². The fourth-order valence-corrected chi connectivity index (χ4v) is 4.07. The number of anilines is 1. The zero-order valence-corrected chi connectivity index (χ0v) is 12.5. The molecule has 0 aliphatic carbocycles. The Balaban J connectivity index is 2.41. The Morgan fingerprint density at radius 1 is 1.40 bits per heavy atom. The molecule has 2 rings (SSSR count). The van der Waals surface area contributed by atoms with Crippen LogP contribution in [-0.2, 0) is 10.0 Å². The molecule has 0 bridgehead atoms. The molecule has 0 aliphatic heterocycles. The average Bonchev–Trinajstić information content (AvgIpc) is 2.82. The van der Waals surface area contributed by atoms with Crippen LogP contribution in [0.3, 0.4) is 0 Å². The molecule has 0 radical (unpaired) electrons. The second kappa shape index (κ2) is 5.39. The van der Waals surface area contributed by atoms with Gasteiger partial charge in [-0.2, -0.15) is 0 Å². The molecule has 106 valence electrons. The van der Waals surface area contributed by atoms with Crippen LogP contribution in [0.25, 0.3) is 0 Å². The molecule has 0 amide bonds. The van der Waals surface area contributed by atoms with E-state index in [4.69, 9.17) is 16.7 Å². The Labute approximate surface area is 124 Å². The standard InChI is InChI=1S/C11H9ClN2O4S2/c1-6-7(2-3-9(12)13-6)14-20(17,18)8-4-5-19-10(8)11(15)16/h2-5,14H,1H3,(H,15,16). The van der Waals surface area contributed by atoms with E-state index < -0.39 is 16.0 Å². The fraction of sp³-hybridized carbons (Fsp3) is 0.0909. The van der Waals surface area contributed by atoms with Crippen LogP contribution in [0.15, 0.2) is 28.5 Å². The number of aromatic carboxylic acids is 1. The summed E-state index contributed by atoms with van der Waals surface area (Å²) in [4.78, 5) is 14.4. The highest BCUT2D eigenvalue weighted by Crippen LogP contribution is 2.25. The van der Waals surface area contributed by atoms with Crippen molar-refractivity contribution in [3.8, 4) is 0 Å². The smallest absolute Gasteiger partial charge is 0.347 e. The summed E-state index contributed by atoms with van der Waals surface area (Å²) in [6, 6.07) is 4.16. The molecular weight excluding hydrogens is 324 g/mol. The minimum atomic E-state index is -3.98. The molecule has 0 aliphatic rings. The third kappa shape index (κ3) is 2.92. The molecule has 6 nitrogen and oxygen atoms in total. The molecule has 9 heteroatoms. The molecule has 2 heterocycles. The van der Waals surface area contributed by atoms with Crippen LogP contribution in [0.2, 0.25) is 5.15 Å². The van der Waals surface area contributed by atoms with Crippen LogP contribution < -0.4 is 4.72 Å². The number of nitrogens with one attached hydrogen (secondary N) is 1. The van der Waals surface area contributed by atoms with Gasteiger partial charge in [0.05, 0.1) is 11.4 Å². The lowest BCUT2D eigenvalue weighted by molar-refractivity contribution is 0.0698. The van der Waals surface area contributed by atoms with E-state index in [2.05, 4.69) is 9.71 Å². The normalized spacial score (nSPS) is 11.3. The molecule has 0 spiro atoms. The first-order valence-electron chi connectivity index (χ1n) is 5.28. The van der Waals surface area contributed by atoms with Crippen molar-refractivity contribution in [1.82, 2.24) is 4.98 Å². The average molecular weight is 333 g/mol. The number of aromatic nitrogens is 1. The van der Waals surface area contributed by atoms with Gasteiger partial charge in [-0.3, -0.25) is 4.72 Å². The SMILES string of the molecule is Cc1nc(Cl)ccc1NS(=O)(=O)c1ccsc1C(=O)O. The van der Waals surface area contributed by atoms with Gasteiger partial charge in [0.15, 0.2) is 0 Å². The summed E-state index contributed by atoms with van der Waals surface area (Å²) < 4.78 is 26.7. The zero-order chi connectivity index (χ0) is 14.9. The van der Waals surface area contributed by atoms with E-state index >= 15 is 0 Å². The van der Waals surface area contributed by atoms with Gasteiger partial charge >= 0.3 is 5.97 Å². The monoisotopic (exact) mass is 332 g/mol. The van der Waals surface area contributed by atoms with Crippen molar-refractivity contribution in [2.24, 2.45) is 0 Å². The van der Waals surface area contributed by atoms with Crippen LogP contribution in [0.1, 0.15) is 15.4 Å². The highest BCUT2D eigenvalue weighted by Gasteiger charge is 2.24. The first-order chi connectivity index (χ1) is 9.31. The number of nitrogens with zero attached hydrogens (tertiary/aromatic N) is 1. The van der Waals surface area contributed by atoms with Gasteiger partial charge < -0.3 is 5.11 Å². The second-order valence-corrected chi connectivity index (χ2v) is 6.75. The quantitative estimate of drug-likeness (QED) is 0.839. The van der Waals surface area contributed by atoms with Crippen molar-refractivity contribution in [2.75, 3.05) is 4.72 Å². The number of carboxylic acids is 1. The summed E-state index contributed by atoms with van der Waals surface area (Å²) in [6.07, 6.45) is 0. The van der Waals surface area contributed by atoms with Crippen molar-refractivity contribution >= 4 is 44.6 Å². The Bertz CT molecular complexity index is 770. The largest absolute Gasteiger partial charge is 0.477 e. The number of hydrogen-bond donors (Lipinski definition) is 2. The first kappa shape index (κ1) is 14.8. The zero-order valence-electron chi connectivity index (χ0n) is 10.1. The number of carboxylic acid groups (broad SMARTS) is 1. The summed E-state index contributed by atoms with van der Waals surface area (Å²) in [5.74, 6) is -1.29. The highest BCUT2D eigenvalue weighted by molar-refractivity contribution is 7.93. The molecule has 20 heavy (non-hydrogen) atoms. The molecule has 2 N–H and O–H groups in total. The first-order valence-corrected chi connectivity index (χ1v) is 8.02. The molecule has 0 saturated heterocycles. The number of pyridine rings is 1. The molecule has 0 aromatic carbocycles. The summed E-state index contributed by atoms with van der Waals surface area (Å²) in [6.45, 7) is 1.59. The Morgan fingerprint density at radius 2 is 2.10 bits per heavy atom. The third-order valence-electron chi connectivity index (χ3n) is 2.41. The van der Waals surface area contributed by atoms with Crippen LogP contribution in [0, 0.1) is 6.92 Å². The topological polar surface area (TPSA) is 96.4 Å². The molecular formula is C11H9ClN2O4S2. The fourth-order valence-electron chi connectivity index (χ4n) is 1.50. The number of sulfonamides is 1. The number of hydrogen-bond acceptors (Lipinski definition) is 5. The van der Waals surface area contributed by atoms with Crippen LogP contribution in [-0.4, -0.2) is 24.5 Å². The lowest BCUT2D eigenvalue weighted by atomic mass is 10.3. The molecule has 0 saturated carbocycles. The maximum absolute atomic E-state index is 12.2. The number of carbonyl (C=O) groups is 1. The summed E-state index contributed by atoms with van der Waals surface area (Å²) in [5.41, 5.74) is 0.644. The minimum Gasteiger partial charge on any atom is -0.477 e. The Morgan fingerprint density at radius 3 is 2.70 bits per heavy atom. The Hall–Kier alpha value is -1.64. The van der Waals surface area contributed by atoms with E-state index in [-0.39, 0.29) is 20.6 Å². The maximum atomic E-state index is 12.2. The van der Waals surface area contributed by atoms with E-state index in [0.29, 0.717) is 5.69 Å². The Kier molecular flexibility index (Phi) is 3.98. The number of halogens is 1.